The molecular formula is C15H22N2O5. The monoisotopic (exact) mass is 310 g/mol. The average molecular weight is 310 g/mol. The highest BCUT2D eigenvalue weighted by atomic mass is 16.6. The summed E-state index contributed by atoms with van der Waals surface area (Å²) < 4.78 is 10.5. The Bertz CT molecular complexity index is 488. The van der Waals surface area contributed by atoms with E-state index < -0.39 is 5.54 Å². The third-order valence-electron chi connectivity index (χ3n) is 4.89. The van der Waals surface area contributed by atoms with Gasteiger partial charge in [0, 0.05) is 6.42 Å². The van der Waals surface area contributed by atoms with Gasteiger partial charge in [0.1, 0.15) is 17.9 Å². The number of urea groups is 1. The Morgan fingerprint density at radius 2 is 2.05 bits per heavy atom. The van der Waals surface area contributed by atoms with E-state index in [-0.39, 0.29) is 30.2 Å². The van der Waals surface area contributed by atoms with E-state index in [1.54, 1.807) is 11.8 Å². The fourth-order valence-corrected chi connectivity index (χ4v) is 3.09. The number of carbonyl (C=O) groups is 3. The van der Waals surface area contributed by atoms with Crippen molar-refractivity contribution in [1.29, 1.82) is 0 Å². The van der Waals surface area contributed by atoms with E-state index in [9.17, 15) is 14.4 Å². The molecular weight excluding hydrogens is 288 g/mol. The SMILES string of the molecule is CCC1(C)C(=O)N(C(CCC=O)C2CO2)C(=O)N1CC1CO1. The van der Waals surface area contributed by atoms with Crippen molar-refractivity contribution >= 4 is 18.2 Å². The summed E-state index contributed by atoms with van der Waals surface area (Å²) in [7, 11) is 0. The van der Waals surface area contributed by atoms with Crippen LogP contribution in [0.5, 0.6) is 0 Å². The van der Waals surface area contributed by atoms with Crippen molar-refractivity contribution in [3.63, 3.8) is 0 Å². The highest BCUT2D eigenvalue weighted by molar-refractivity contribution is 6.07. The maximum Gasteiger partial charge on any atom is 0.328 e. The molecule has 22 heavy (non-hydrogen) atoms. The van der Waals surface area contributed by atoms with Crippen LogP contribution in [0.3, 0.4) is 0 Å². The fraction of sp³-hybridized carbons (Fsp3) is 0.800. The summed E-state index contributed by atoms with van der Waals surface area (Å²) >= 11 is 0. The van der Waals surface area contributed by atoms with Gasteiger partial charge in [-0.1, -0.05) is 6.92 Å². The Morgan fingerprint density at radius 3 is 2.55 bits per heavy atom. The van der Waals surface area contributed by atoms with Gasteiger partial charge in [-0.25, -0.2) is 4.79 Å². The Kier molecular flexibility index (Phi) is 3.94. The number of epoxide rings is 2. The number of ether oxygens (including phenoxy) is 2. The minimum absolute atomic E-state index is 0.0353. The largest absolute Gasteiger partial charge is 0.371 e. The number of aldehydes is 1. The van der Waals surface area contributed by atoms with E-state index in [1.165, 1.54) is 4.90 Å². The quantitative estimate of drug-likeness (QED) is 0.372. The first kappa shape index (κ1) is 15.4. The molecule has 3 aliphatic heterocycles. The molecule has 122 valence electrons. The minimum atomic E-state index is -0.836. The number of carbonyl (C=O) groups excluding carboxylic acids is 3. The Morgan fingerprint density at radius 1 is 1.36 bits per heavy atom. The van der Waals surface area contributed by atoms with E-state index >= 15 is 0 Å². The molecule has 3 heterocycles. The first-order valence-electron chi connectivity index (χ1n) is 7.85. The summed E-state index contributed by atoms with van der Waals surface area (Å²) in [5, 5.41) is 0. The summed E-state index contributed by atoms with van der Waals surface area (Å²) in [4.78, 5) is 39.3. The molecule has 4 atom stereocenters. The molecule has 0 radical (unpaired) electrons. The molecule has 0 aromatic carbocycles. The predicted octanol–water partition coefficient (Wildman–Crippen LogP) is 0.565. The average Bonchev–Trinajstić information content (AvgIpc) is 3.38. The zero-order chi connectivity index (χ0) is 15.9. The van der Waals surface area contributed by atoms with Crippen molar-refractivity contribution in [3.05, 3.63) is 0 Å². The third-order valence-corrected chi connectivity index (χ3v) is 4.89. The molecule has 0 aliphatic carbocycles. The highest BCUT2D eigenvalue weighted by Crippen LogP contribution is 2.37. The lowest BCUT2D eigenvalue weighted by Gasteiger charge is -2.30. The van der Waals surface area contributed by atoms with E-state index in [4.69, 9.17) is 9.47 Å². The fourth-order valence-electron chi connectivity index (χ4n) is 3.09. The zero-order valence-corrected chi connectivity index (χ0v) is 13.0. The number of nitrogens with zero attached hydrogens (tertiary/aromatic N) is 2. The van der Waals surface area contributed by atoms with E-state index in [0.29, 0.717) is 39.0 Å². The van der Waals surface area contributed by atoms with Gasteiger partial charge in [0.2, 0.25) is 0 Å². The highest BCUT2D eigenvalue weighted by Gasteiger charge is 2.58. The molecule has 3 amide bonds. The van der Waals surface area contributed by atoms with Crippen LogP contribution in [-0.2, 0) is 19.1 Å². The molecule has 3 fully saturated rings. The smallest absolute Gasteiger partial charge is 0.328 e. The van der Waals surface area contributed by atoms with Gasteiger partial charge in [-0.15, -0.1) is 0 Å². The molecule has 0 aromatic rings. The number of hydrogen-bond donors (Lipinski definition) is 0. The maximum absolute atomic E-state index is 12.9. The molecule has 0 N–H and O–H groups in total. The van der Waals surface area contributed by atoms with Crippen molar-refractivity contribution < 1.29 is 23.9 Å². The number of rotatable bonds is 8. The minimum Gasteiger partial charge on any atom is -0.371 e. The molecule has 3 aliphatic rings. The second-order valence-corrected chi connectivity index (χ2v) is 6.33. The van der Waals surface area contributed by atoms with Crippen molar-refractivity contribution in [1.82, 2.24) is 9.80 Å². The summed E-state index contributed by atoms with van der Waals surface area (Å²) in [6, 6.07) is -0.627. The van der Waals surface area contributed by atoms with Gasteiger partial charge in [-0.2, -0.15) is 0 Å². The molecule has 0 bridgehead atoms. The first-order chi connectivity index (χ1) is 10.5. The van der Waals surface area contributed by atoms with Crippen LogP contribution in [0.4, 0.5) is 4.79 Å². The standard InChI is InChI=1S/C15H22N2O5/c1-3-15(2)13(19)17(11(5-4-6-18)12-9-22-12)14(20)16(15)7-10-8-21-10/h6,10-12H,3-5,7-9H2,1-2H3. The van der Waals surface area contributed by atoms with Crippen LogP contribution in [-0.4, -0.2) is 71.6 Å². The Labute approximate surface area is 129 Å². The van der Waals surface area contributed by atoms with E-state index in [1.807, 2.05) is 6.92 Å². The lowest BCUT2D eigenvalue weighted by Crippen LogP contribution is -2.48. The lowest BCUT2D eigenvalue weighted by atomic mass is 9.96. The third kappa shape index (κ3) is 2.52. The first-order valence-corrected chi connectivity index (χ1v) is 7.85. The summed E-state index contributed by atoms with van der Waals surface area (Å²) in [5.41, 5.74) is -0.836. The molecule has 7 heteroatoms. The molecule has 3 saturated heterocycles. The number of imide groups is 1. The van der Waals surface area contributed by atoms with Crippen LogP contribution >= 0.6 is 0 Å². The summed E-state index contributed by atoms with van der Waals surface area (Å²) in [6.07, 6.45) is 2.04. The molecule has 0 spiro atoms. The normalized spacial score (nSPS) is 35.0. The predicted molar refractivity (Wildman–Crippen MR) is 76.2 cm³/mol. The second-order valence-electron chi connectivity index (χ2n) is 6.33. The maximum atomic E-state index is 12.9. The van der Waals surface area contributed by atoms with Gasteiger partial charge in [-0.05, 0) is 19.8 Å². The molecule has 0 aromatic heterocycles. The summed E-state index contributed by atoms with van der Waals surface area (Å²) in [6.45, 7) is 5.33. The van der Waals surface area contributed by atoms with Crippen molar-refractivity contribution in [2.24, 2.45) is 0 Å². The van der Waals surface area contributed by atoms with Gasteiger partial charge in [-0.3, -0.25) is 9.69 Å². The van der Waals surface area contributed by atoms with Crippen LogP contribution in [0.2, 0.25) is 0 Å². The van der Waals surface area contributed by atoms with Crippen LogP contribution in [0.25, 0.3) is 0 Å². The van der Waals surface area contributed by atoms with Gasteiger partial charge in [0.25, 0.3) is 5.91 Å². The van der Waals surface area contributed by atoms with Gasteiger partial charge in [0.05, 0.1) is 31.9 Å². The van der Waals surface area contributed by atoms with Gasteiger partial charge in [0.15, 0.2) is 0 Å². The molecule has 7 nitrogen and oxygen atoms in total. The Balaban J connectivity index is 1.84. The van der Waals surface area contributed by atoms with Crippen LogP contribution in [0.1, 0.15) is 33.1 Å². The van der Waals surface area contributed by atoms with Crippen LogP contribution in [0.15, 0.2) is 0 Å². The zero-order valence-electron chi connectivity index (χ0n) is 13.0. The van der Waals surface area contributed by atoms with Gasteiger partial charge >= 0.3 is 6.03 Å². The lowest BCUT2D eigenvalue weighted by molar-refractivity contribution is -0.134. The van der Waals surface area contributed by atoms with Gasteiger partial charge < -0.3 is 19.2 Å². The van der Waals surface area contributed by atoms with Crippen molar-refractivity contribution in [2.45, 2.75) is 56.9 Å². The molecule has 4 unspecified atom stereocenters. The summed E-state index contributed by atoms with van der Waals surface area (Å²) in [5.74, 6) is -0.188. The number of hydrogen-bond acceptors (Lipinski definition) is 5. The second kappa shape index (κ2) is 5.62. The molecule has 3 rings (SSSR count). The van der Waals surface area contributed by atoms with Crippen molar-refractivity contribution in [2.75, 3.05) is 19.8 Å². The van der Waals surface area contributed by atoms with Crippen LogP contribution < -0.4 is 0 Å². The number of amides is 3. The Hall–Kier alpha value is -1.47. The van der Waals surface area contributed by atoms with E-state index in [0.717, 1.165) is 6.29 Å². The molecule has 0 saturated carbocycles. The topological polar surface area (TPSA) is 82.8 Å². The van der Waals surface area contributed by atoms with Crippen LogP contribution in [0, 0.1) is 0 Å². The van der Waals surface area contributed by atoms with Crippen molar-refractivity contribution in [3.8, 4) is 0 Å². The van der Waals surface area contributed by atoms with E-state index in [2.05, 4.69) is 0 Å².